The Morgan fingerprint density at radius 3 is 1.67 bits per heavy atom. The van der Waals surface area contributed by atoms with Crippen molar-refractivity contribution in [3.05, 3.63) is 93.0 Å². The maximum absolute atomic E-state index is 11.7. The fourth-order valence-corrected chi connectivity index (χ4v) is 5.57. The smallest absolute Gasteiger partial charge is 0.310 e. The largest absolute Gasteiger partial charge is 0.481 e. The van der Waals surface area contributed by atoms with E-state index in [9.17, 15) is 19.5 Å². The summed E-state index contributed by atoms with van der Waals surface area (Å²) in [6, 6.07) is 17.9. The zero-order valence-electron chi connectivity index (χ0n) is 28.4. The van der Waals surface area contributed by atoms with Crippen molar-refractivity contribution < 1.29 is 48.7 Å². The van der Waals surface area contributed by atoms with Gasteiger partial charge in [-0.25, -0.2) is 0 Å². The lowest BCUT2D eigenvalue weighted by atomic mass is 10.0. The highest BCUT2D eigenvalue weighted by atomic mass is 35.5. The summed E-state index contributed by atoms with van der Waals surface area (Å²) in [5.41, 5.74) is 4.09. The van der Waals surface area contributed by atoms with E-state index in [1.165, 1.54) is 14.2 Å². The first-order valence-electron chi connectivity index (χ1n) is 15.9. The Hall–Kier alpha value is -4.99. The van der Waals surface area contributed by atoms with Crippen molar-refractivity contribution in [1.29, 1.82) is 0 Å². The van der Waals surface area contributed by atoms with E-state index in [4.69, 9.17) is 52.4 Å². The van der Waals surface area contributed by atoms with E-state index in [1.807, 2.05) is 36.4 Å². The van der Waals surface area contributed by atoms with Crippen LogP contribution in [-0.2, 0) is 40.7 Å². The Labute approximate surface area is 309 Å². The summed E-state index contributed by atoms with van der Waals surface area (Å²) in [5.74, 6) is -1.52. The number of ether oxygens (including phenoxy) is 4. The molecule has 2 heterocycles. The van der Waals surface area contributed by atoms with Crippen LogP contribution in [0.5, 0.6) is 23.5 Å². The molecule has 16 heteroatoms. The van der Waals surface area contributed by atoms with Crippen LogP contribution in [0.4, 0.5) is 0 Å². The third-order valence-corrected chi connectivity index (χ3v) is 8.40. The van der Waals surface area contributed by atoms with Crippen molar-refractivity contribution in [1.82, 2.24) is 20.6 Å². The highest BCUT2D eigenvalue weighted by Crippen LogP contribution is 2.37. The molecule has 52 heavy (non-hydrogen) atoms. The van der Waals surface area contributed by atoms with Crippen molar-refractivity contribution in [2.24, 2.45) is 0 Å². The molecule has 0 radical (unpaired) electrons. The summed E-state index contributed by atoms with van der Waals surface area (Å²) in [6.07, 6.45) is -1.93. The molecule has 2 aromatic heterocycles. The van der Waals surface area contributed by atoms with E-state index in [1.54, 1.807) is 24.3 Å². The number of aromatic nitrogens is 2. The number of carboxylic acids is 2. The van der Waals surface area contributed by atoms with Gasteiger partial charge in [-0.3, -0.25) is 14.4 Å². The van der Waals surface area contributed by atoms with Crippen LogP contribution in [0.15, 0.2) is 60.7 Å². The number of carboxylic acid groups (broad SMARTS) is 2. The van der Waals surface area contributed by atoms with Crippen LogP contribution in [0, 0.1) is 0 Å². The summed E-state index contributed by atoms with van der Waals surface area (Å²) in [7, 11) is 2.93. The van der Waals surface area contributed by atoms with Gasteiger partial charge in [0, 0.05) is 65.1 Å². The average Bonchev–Trinajstić information content (AvgIpc) is 3.11. The molecule has 5 N–H and O–H groups in total. The first kappa shape index (κ1) is 39.8. The average molecular weight is 758 g/mol. The number of Topliss-reactive ketones (excluding diaryl/α,β-unsaturated/α-hetero) is 1. The van der Waals surface area contributed by atoms with Crippen LogP contribution in [0.3, 0.4) is 0 Å². The third kappa shape index (κ3) is 11.5. The van der Waals surface area contributed by atoms with Crippen molar-refractivity contribution in [2.45, 2.75) is 45.2 Å². The molecule has 1 atom stereocenters. The molecule has 0 saturated heterocycles. The van der Waals surface area contributed by atoms with Crippen molar-refractivity contribution in [3.63, 3.8) is 0 Å². The number of halogens is 2. The molecule has 0 aliphatic heterocycles. The minimum Gasteiger partial charge on any atom is -0.481 e. The molecule has 276 valence electrons. The van der Waals surface area contributed by atoms with Gasteiger partial charge in [-0.2, -0.15) is 9.97 Å². The second-order valence-electron chi connectivity index (χ2n) is 11.4. The Bertz CT molecular complexity index is 1880. The number of pyridine rings is 2. The van der Waals surface area contributed by atoms with Gasteiger partial charge in [-0.1, -0.05) is 59.6 Å². The number of aliphatic carboxylic acids is 2. The Morgan fingerprint density at radius 1 is 0.712 bits per heavy atom. The maximum Gasteiger partial charge on any atom is 0.310 e. The molecular formula is C36H38Cl2N4O10. The molecule has 0 aliphatic carbocycles. The van der Waals surface area contributed by atoms with Crippen molar-refractivity contribution in [2.75, 3.05) is 27.3 Å². The number of ketones is 1. The maximum atomic E-state index is 11.7. The van der Waals surface area contributed by atoms with E-state index in [-0.39, 0.29) is 51.0 Å². The van der Waals surface area contributed by atoms with Gasteiger partial charge >= 0.3 is 11.9 Å². The van der Waals surface area contributed by atoms with Crippen LogP contribution < -0.4 is 29.6 Å². The van der Waals surface area contributed by atoms with Gasteiger partial charge in [0.1, 0.15) is 19.6 Å². The monoisotopic (exact) mass is 756 g/mol. The number of methoxy groups -OCH3 is 2. The second kappa shape index (κ2) is 19.6. The quantitative estimate of drug-likeness (QED) is 0.0734. The summed E-state index contributed by atoms with van der Waals surface area (Å²) in [6.45, 7) is 0.707. The first-order chi connectivity index (χ1) is 25.0. The molecule has 0 aliphatic rings. The molecule has 4 rings (SSSR count). The first-order valence-corrected chi connectivity index (χ1v) is 16.7. The van der Waals surface area contributed by atoms with Crippen LogP contribution in [0.1, 0.15) is 35.1 Å². The zero-order valence-corrected chi connectivity index (χ0v) is 29.9. The van der Waals surface area contributed by atoms with Crippen LogP contribution >= 0.6 is 23.2 Å². The number of hydrogen-bond acceptors (Lipinski definition) is 12. The number of nitrogens with zero attached hydrogens (tertiary/aromatic N) is 2. The number of benzene rings is 2. The minimum absolute atomic E-state index is 0.0898. The molecule has 0 fully saturated rings. The lowest BCUT2D eigenvalue weighted by Gasteiger charge is -2.15. The number of aliphatic hydroxyl groups is 1. The number of nitrogens with one attached hydrogen (secondary N) is 2. The lowest BCUT2D eigenvalue weighted by molar-refractivity contribution is -0.141. The number of carbonyl (C=O) groups is 3. The molecule has 14 nitrogen and oxygen atoms in total. The second-order valence-corrected chi connectivity index (χ2v) is 12.1. The summed E-state index contributed by atoms with van der Waals surface area (Å²) in [5, 5.41) is 34.1. The Kier molecular flexibility index (Phi) is 15.0. The normalized spacial score (nSPS) is 11.5. The van der Waals surface area contributed by atoms with Gasteiger partial charge in [-0.05, 0) is 12.1 Å². The molecule has 0 bridgehead atoms. The van der Waals surface area contributed by atoms with E-state index in [2.05, 4.69) is 20.6 Å². The fourth-order valence-electron chi connectivity index (χ4n) is 5.00. The molecule has 0 unspecified atom stereocenters. The number of hydrogen-bond donors (Lipinski definition) is 5. The summed E-state index contributed by atoms with van der Waals surface area (Å²) in [4.78, 5) is 41.9. The van der Waals surface area contributed by atoms with Gasteiger partial charge in [0.2, 0.25) is 23.5 Å². The molecule has 0 spiro atoms. The topological polar surface area (TPSA) is 199 Å². The Morgan fingerprint density at radius 2 is 1.21 bits per heavy atom. The van der Waals surface area contributed by atoms with Gasteiger partial charge in [-0.15, -0.1) is 0 Å². The van der Waals surface area contributed by atoms with Gasteiger partial charge in [0.05, 0.1) is 43.3 Å². The SMILES string of the molecule is COc1nc(OCc2cccc(-c3cccc(COc4ccc(CNC[C@H](O)CC(=O)O)c(OC)n4)c3Cl)c2Cl)ccc1CNCC(=O)CC(=O)O. The molecule has 4 aromatic rings. The lowest BCUT2D eigenvalue weighted by Crippen LogP contribution is -2.28. The zero-order chi connectivity index (χ0) is 37.6. The van der Waals surface area contributed by atoms with Crippen molar-refractivity contribution in [3.8, 4) is 34.6 Å². The van der Waals surface area contributed by atoms with Gasteiger partial charge < -0.3 is 44.9 Å². The third-order valence-electron chi connectivity index (χ3n) is 7.50. The van der Waals surface area contributed by atoms with Crippen molar-refractivity contribution >= 4 is 40.9 Å². The van der Waals surface area contributed by atoms with Crippen LogP contribution in [-0.4, -0.2) is 76.4 Å². The standard InChI is InChI=1S/C36H38Cl2N4O10/c1-49-35-21(15-39-17-25(43)13-31(45)46)9-11-29(41-35)51-19-23-5-3-7-27(33(23)37)28-8-4-6-24(34(28)38)20-52-30-12-10-22(36(42-30)50-2)16-40-18-26(44)14-32(47)48/h3-12,25,39-40,43H,13-20H2,1-2H3,(H,45,46)(H,47,48)/t25-/m1/s1. The number of rotatable bonds is 21. The summed E-state index contributed by atoms with van der Waals surface area (Å²) >= 11 is 13.7. The van der Waals surface area contributed by atoms with E-state index in [0.29, 0.717) is 61.7 Å². The van der Waals surface area contributed by atoms with E-state index < -0.39 is 30.2 Å². The molecule has 0 amide bonds. The highest BCUT2D eigenvalue weighted by molar-refractivity contribution is 6.37. The number of aliphatic hydroxyl groups excluding tert-OH is 1. The minimum atomic E-state index is -1.18. The molecule has 0 saturated carbocycles. The Balaban J connectivity index is 1.39. The predicted octanol–water partition coefficient (Wildman–Crippen LogP) is 4.68. The number of carbonyl (C=O) groups excluding carboxylic acids is 1. The fraction of sp³-hybridized carbons (Fsp3) is 0.306. The predicted molar refractivity (Wildman–Crippen MR) is 191 cm³/mol. The molecule has 2 aromatic carbocycles. The molecular weight excluding hydrogens is 719 g/mol. The van der Waals surface area contributed by atoms with E-state index >= 15 is 0 Å². The van der Waals surface area contributed by atoms with Crippen LogP contribution in [0.25, 0.3) is 11.1 Å². The van der Waals surface area contributed by atoms with Gasteiger partial charge in [0.15, 0.2) is 5.78 Å². The van der Waals surface area contributed by atoms with Gasteiger partial charge in [0.25, 0.3) is 0 Å². The van der Waals surface area contributed by atoms with E-state index in [0.717, 1.165) is 0 Å². The summed E-state index contributed by atoms with van der Waals surface area (Å²) < 4.78 is 22.7. The highest BCUT2D eigenvalue weighted by Gasteiger charge is 2.17. The van der Waals surface area contributed by atoms with Crippen LogP contribution in [0.2, 0.25) is 10.0 Å².